The largest absolute Gasteiger partial charge is 0.497 e. The Labute approximate surface area is 136 Å². The van der Waals surface area contributed by atoms with E-state index in [1.54, 1.807) is 7.11 Å². The molecule has 0 aliphatic carbocycles. The molecule has 0 aromatic heterocycles. The molecule has 0 unspecified atom stereocenters. The van der Waals surface area contributed by atoms with Gasteiger partial charge in [-0.2, -0.15) is 0 Å². The molecule has 23 heavy (non-hydrogen) atoms. The Morgan fingerprint density at radius 3 is 2.83 bits per heavy atom. The second-order valence-corrected chi connectivity index (χ2v) is 5.72. The molecule has 2 N–H and O–H groups in total. The summed E-state index contributed by atoms with van der Waals surface area (Å²) in [6.07, 6.45) is 2.84. The van der Waals surface area contributed by atoms with Gasteiger partial charge in [0.05, 0.1) is 7.11 Å². The van der Waals surface area contributed by atoms with E-state index in [0.29, 0.717) is 6.54 Å². The Kier molecular flexibility index (Phi) is 4.81. The summed E-state index contributed by atoms with van der Waals surface area (Å²) in [6.45, 7) is 1.61. The lowest BCUT2D eigenvalue weighted by Crippen LogP contribution is -2.27. The second kappa shape index (κ2) is 7.18. The van der Waals surface area contributed by atoms with Gasteiger partial charge in [0.1, 0.15) is 5.75 Å². The van der Waals surface area contributed by atoms with Crippen LogP contribution in [0.4, 0.5) is 5.69 Å². The van der Waals surface area contributed by atoms with Crippen molar-refractivity contribution in [3.63, 3.8) is 0 Å². The summed E-state index contributed by atoms with van der Waals surface area (Å²) < 4.78 is 5.15. The lowest BCUT2D eigenvalue weighted by atomic mass is 9.97. The second-order valence-electron chi connectivity index (χ2n) is 5.72. The van der Waals surface area contributed by atoms with Crippen molar-refractivity contribution in [3.8, 4) is 5.75 Å². The van der Waals surface area contributed by atoms with E-state index in [2.05, 4.69) is 10.6 Å². The molecule has 1 aliphatic rings. The smallest absolute Gasteiger partial charge is 0.251 e. The van der Waals surface area contributed by atoms with Crippen LogP contribution in [0.25, 0.3) is 0 Å². The predicted molar refractivity (Wildman–Crippen MR) is 92.3 cm³/mol. The number of rotatable bonds is 5. The predicted octanol–water partition coefficient (Wildman–Crippen LogP) is 3.03. The maximum atomic E-state index is 12.4. The lowest BCUT2D eigenvalue weighted by molar-refractivity contribution is 0.0953. The van der Waals surface area contributed by atoms with Crippen LogP contribution in [0.5, 0.6) is 5.75 Å². The topological polar surface area (TPSA) is 50.4 Å². The van der Waals surface area contributed by atoms with Crippen molar-refractivity contribution in [2.45, 2.75) is 19.3 Å². The first-order chi connectivity index (χ1) is 11.3. The van der Waals surface area contributed by atoms with E-state index in [0.717, 1.165) is 48.4 Å². The minimum Gasteiger partial charge on any atom is -0.497 e. The molecule has 1 amide bonds. The minimum atomic E-state index is 0.0130. The normalized spacial score (nSPS) is 12.9. The molecule has 0 radical (unpaired) electrons. The highest BCUT2D eigenvalue weighted by molar-refractivity contribution is 5.97. The zero-order chi connectivity index (χ0) is 16.1. The van der Waals surface area contributed by atoms with Crippen molar-refractivity contribution in [1.82, 2.24) is 5.32 Å². The molecule has 120 valence electrons. The van der Waals surface area contributed by atoms with Crippen molar-refractivity contribution in [1.29, 1.82) is 0 Å². The summed E-state index contributed by atoms with van der Waals surface area (Å²) in [4.78, 5) is 12.4. The number of ether oxygens (including phenoxy) is 1. The molecule has 0 atom stereocenters. The summed E-state index contributed by atoms with van der Waals surface area (Å²) in [5.41, 5.74) is 4.21. The molecule has 0 saturated carbocycles. The van der Waals surface area contributed by atoms with Crippen LogP contribution in [0.15, 0.2) is 42.5 Å². The fourth-order valence-corrected chi connectivity index (χ4v) is 2.93. The zero-order valence-corrected chi connectivity index (χ0v) is 13.4. The molecule has 1 heterocycles. The van der Waals surface area contributed by atoms with Crippen molar-refractivity contribution in [3.05, 3.63) is 59.2 Å². The molecule has 4 heteroatoms. The number of carbonyl (C=O) groups is 1. The molecule has 2 aromatic carbocycles. The molecule has 0 fully saturated rings. The maximum Gasteiger partial charge on any atom is 0.251 e. The summed E-state index contributed by atoms with van der Waals surface area (Å²) in [5.74, 6) is 0.861. The van der Waals surface area contributed by atoms with Crippen molar-refractivity contribution in [2.24, 2.45) is 0 Å². The standard InChI is InChI=1S/C19H22N2O2/c1-23-15-9-7-14(8-10-15)11-13-21-19(22)17-4-2-6-18-16(17)5-3-12-20-18/h2,4,6-10,20H,3,5,11-13H2,1H3,(H,21,22). The number of carbonyl (C=O) groups excluding carboxylic acids is 1. The summed E-state index contributed by atoms with van der Waals surface area (Å²) in [7, 11) is 1.66. The number of nitrogens with one attached hydrogen (secondary N) is 2. The van der Waals surface area contributed by atoms with Crippen LogP contribution in [0.2, 0.25) is 0 Å². The van der Waals surface area contributed by atoms with E-state index in [1.807, 2.05) is 42.5 Å². The first kappa shape index (κ1) is 15.4. The van der Waals surface area contributed by atoms with E-state index in [1.165, 1.54) is 5.56 Å². The van der Waals surface area contributed by atoms with E-state index < -0.39 is 0 Å². The molecule has 3 rings (SSSR count). The van der Waals surface area contributed by atoms with Crippen LogP contribution >= 0.6 is 0 Å². The molecular formula is C19H22N2O2. The number of amides is 1. The number of methoxy groups -OCH3 is 1. The highest BCUT2D eigenvalue weighted by Crippen LogP contribution is 2.25. The summed E-state index contributed by atoms with van der Waals surface area (Å²) in [5, 5.41) is 6.39. The van der Waals surface area contributed by atoms with Crippen LogP contribution in [0.1, 0.15) is 27.9 Å². The average molecular weight is 310 g/mol. The molecule has 0 bridgehead atoms. The Morgan fingerprint density at radius 1 is 1.22 bits per heavy atom. The van der Waals surface area contributed by atoms with Gasteiger partial charge in [0.2, 0.25) is 0 Å². The van der Waals surface area contributed by atoms with Gasteiger partial charge in [-0.1, -0.05) is 18.2 Å². The first-order valence-corrected chi connectivity index (χ1v) is 8.05. The fraction of sp³-hybridized carbons (Fsp3) is 0.316. The van der Waals surface area contributed by atoms with E-state index in [9.17, 15) is 4.79 Å². The third-order valence-corrected chi connectivity index (χ3v) is 4.20. The Balaban J connectivity index is 1.59. The highest BCUT2D eigenvalue weighted by atomic mass is 16.5. The van der Waals surface area contributed by atoms with Gasteiger partial charge >= 0.3 is 0 Å². The highest BCUT2D eigenvalue weighted by Gasteiger charge is 2.16. The maximum absolute atomic E-state index is 12.4. The van der Waals surface area contributed by atoms with Gasteiger partial charge in [0.15, 0.2) is 0 Å². The number of anilines is 1. The molecule has 1 aliphatic heterocycles. The zero-order valence-electron chi connectivity index (χ0n) is 13.4. The third-order valence-electron chi connectivity index (χ3n) is 4.20. The number of fused-ring (bicyclic) bond motifs is 1. The van der Waals surface area contributed by atoms with Gasteiger partial charge < -0.3 is 15.4 Å². The van der Waals surface area contributed by atoms with Gasteiger partial charge in [-0.15, -0.1) is 0 Å². The van der Waals surface area contributed by atoms with E-state index >= 15 is 0 Å². The van der Waals surface area contributed by atoms with Crippen molar-refractivity contribution >= 4 is 11.6 Å². The quantitative estimate of drug-likeness (QED) is 0.892. The van der Waals surface area contributed by atoms with Gasteiger partial charge in [-0.3, -0.25) is 4.79 Å². The van der Waals surface area contributed by atoms with Crippen LogP contribution in [0, 0.1) is 0 Å². The van der Waals surface area contributed by atoms with Crippen LogP contribution in [-0.4, -0.2) is 26.1 Å². The van der Waals surface area contributed by atoms with Gasteiger partial charge in [-0.05, 0) is 54.7 Å². The minimum absolute atomic E-state index is 0.0130. The first-order valence-electron chi connectivity index (χ1n) is 8.05. The lowest BCUT2D eigenvalue weighted by Gasteiger charge is -2.20. The molecule has 0 spiro atoms. The SMILES string of the molecule is COc1ccc(CCNC(=O)c2cccc3c2CCCN3)cc1. The van der Waals surface area contributed by atoms with Gasteiger partial charge in [0, 0.05) is 24.3 Å². The summed E-state index contributed by atoms with van der Waals surface area (Å²) in [6, 6.07) is 13.8. The van der Waals surface area contributed by atoms with E-state index in [-0.39, 0.29) is 5.91 Å². The Bertz CT molecular complexity index is 680. The van der Waals surface area contributed by atoms with Crippen molar-refractivity contribution < 1.29 is 9.53 Å². The Hall–Kier alpha value is -2.49. The molecule has 0 saturated heterocycles. The van der Waals surface area contributed by atoms with Crippen LogP contribution in [-0.2, 0) is 12.8 Å². The Morgan fingerprint density at radius 2 is 2.04 bits per heavy atom. The van der Waals surface area contributed by atoms with Crippen LogP contribution in [0.3, 0.4) is 0 Å². The third kappa shape index (κ3) is 3.65. The number of hydrogen-bond acceptors (Lipinski definition) is 3. The molecule has 2 aromatic rings. The fourth-order valence-electron chi connectivity index (χ4n) is 2.93. The number of hydrogen-bond donors (Lipinski definition) is 2. The van der Waals surface area contributed by atoms with Gasteiger partial charge in [-0.25, -0.2) is 0 Å². The van der Waals surface area contributed by atoms with E-state index in [4.69, 9.17) is 4.74 Å². The van der Waals surface area contributed by atoms with Crippen LogP contribution < -0.4 is 15.4 Å². The molecule has 4 nitrogen and oxygen atoms in total. The summed E-state index contributed by atoms with van der Waals surface area (Å²) >= 11 is 0. The average Bonchev–Trinajstić information content (AvgIpc) is 2.61. The van der Waals surface area contributed by atoms with Gasteiger partial charge in [0.25, 0.3) is 5.91 Å². The monoisotopic (exact) mass is 310 g/mol. The number of benzene rings is 2. The molecular weight excluding hydrogens is 288 g/mol. The van der Waals surface area contributed by atoms with Crippen molar-refractivity contribution in [2.75, 3.05) is 25.5 Å².